The number of para-hydroxylation sites is 1. The molecule has 5 nitrogen and oxygen atoms in total. The highest BCUT2D eigenvalue weighted by molar-refractivity contribution is 7.16. The zero-order chi connectivity index (χ0) is 23.2. The van der Waals surface area contributed by atoms with Gasteiger partial charge in [-0.15, -0.1) is 11.3 Å². The lowest BCUT2D eigenvalue weighted by atomic mass is 9.95. The van der Waals surface area contributed by atoms with E-state index in [1.54, 1.807) is 18.4 Å². The highest BCUT2D eigenvalue weighted by Crippen LogP contribution is 2.40. The first-order chi connectivity index (χ1) is 16.1. The number of benzene rings is 2. The van der Waals surface area contributed by atoms with Gasteiger partial charge in [-0.25, -0.2) is 4.99 Å². The standard InChI is InChI=1S/C27H31N3O2S/c1-4-30(5-2)21-16-15-19(23(17-21)32-3)18-28-27-25(22-13-9-10-14-24(22)33-27)26(31)29-20-11-7-6-8-12-20/h6-8,11-12,15-18H,4-5,9-10,13-14H2,1-3H3,(H,29,31). The summed E-state index contributed by atoms with van der Waals surface area (Å²) in [4.78, 5) is 21.7. The van der Waals surface area contributed by atoms with Crippen LogP contribution in [0.15, 0.2) is 53.5 Å². The Labute approximate surface area is 200 Å². The number of fused-ring (bicyclic) bond motifs is 1. The quantitative estimate of drug-likeness (QED) is 0.390. The molecule has 1 aliphatic carbocycles. The number of thiophene rings is 1. The van der Waals surface area contributed by atoms with E-state index in [-0.39, 0.29) is 5.91 Å². The minimum Gasteiger partial charge on any atom is -0.496 e. The van der Waals surface area contributed by atoms with Crippen LogP contribution in [0.25, 0.3) is 0 Å². The Kier molecular flexibility index (Phi) is 7.45. The first kappa shape index (κ1) is 23.1. The van der Waals surface area contributed by atoms with Crippen LogP contribution in [0.2, 0.25) is 0 Å². The Morgan fingerprint density at radius 2 is 1.88 bits per heavy atom. The number of ether oxygens (including phenoxy) is 1. The van der Waals surface area contributed by atoms with Gasteiger partial charge in [0.15, 0.2) is 0 Å². The fourth-order valence-electron chi connectivity index (χ4n) is 4.31. The number of hydrogen-bond acceptors (Lipinski definition) is 5. The number of nitrogens with one attached hydrogen (secondary N) is 1. The number of carbonyl (C=O) groups is 1. The zero-order valence-corrected chi connectivity index (χ0v) is 20.4. The molecule has 172 valence electrons. The molecule has 0 aliphatic heterocycles. The van der Waals surface area contributed by atoms with Gasteiger partial charge in [0.1, 0.15) is 10.8 Å². The Hall–Kier alpha value is -3.12. The van der Waals surface area contributed by atoms with Crippen molar-refractivity contribution >= 4 is 39.8 Å². The lowest BCUT2D eigenvalue weighted by molar-refractivity contribution is 0.102. The van der Waals surface area contributed by atoms with Crippen molar-refractivity contribution in [1.29, 1.82) is 0 Å². The summed E-state index contributed by atoms with van der Waals surface area (Å²) in [6.07, 6.45) is 6.04. The highest BCUT2D eigenvalue weighted by Gasteiger charge is 2.25. The molecule has 4 rings (SSSR count). The predicted molar refractivity (Wildman–Crippen MR) is 139 cm³/mol. The van der Waals surface area contributed by atoms with Crippen LogP contribution in [0.4, 0.5) is 16.4 Å². The third-order valence-corrected chi connectivity index (χ3v) is 7.28. The molecule has 2 aromatic carbocycles. The van der Waals surface area contributed by atoms with E-state index in [0.29, 0.717) is 5.56 Å². The smallest absolute Gasteiger partial charge is 0.259 e. The Balaban J connectivity index is 1.67. The third-order valence-electron chi connectivity index (χ3n) is 6.08. The number of rotatable bonds is 8. The van der Waals surface area contributed by atoms with Crippen LogP contribution in [0, 0.1) is 0 Å². The van der Waals surface area contributed by atoms with Crippen LogP contribution in [-0.2, 0) is 12.8 Å². The monoisotopic (exact) mass is 461 g/mol. The summed E-state index contributed by atoms with van der Waals surface area (Å²) < 4.78 is 5.66. The predicted octanol–water partition coefficient (Wildman–Crippen LogP) is 6.48. The average molecular weight is 462 g/mol. The third kappa shape index (κ3) is 5.11. The molecule has 3 aromatic rings. The average Bonchev–Trinajstić information content (AvgIpc) is 3.23. The fraction of sp³-hybridized carbons (Fsp3) is 0.333. The van der Waals surface area contributed by atoms with Crippen molar-refractivity contribution in [3.05, 3.63) is 70.1 Å². The Morgan fingerprint density at radius 3 is 2.61 bits per heavy atom. The molecule has 6 heteroatoms. The van der Waals surface area contributed by atoms with Crippen molar-refractivity contribution in [2.24, 2.45) is 4.99 Å². The molecule has 0 spiro atoms. The largest absolute Gasteiger partial charge is 0.496 e. The number of anilines is 2. The first-order valence-electron chi connectivity index (χ1n) is 11.6. The van der Waals surface area contributed by atoms with E-state index in [0.717, 1.165) is 72.0 Å². The highest BCUT2D eigenvalue weighted by atomic mass is 32.1. The second-order valence-corrected chi connectivity index (χ2v) is 9.15. The van der Waals surface area contributed by atoms with E-state index in [2.05, 4.69) is 36.2 Å². The summed E-state index contributed by atoms with van der Waals surface area (Å²) in [5.41, 5.74) is 4.70. The van der Waals surface area contributed by atoms with Crippen molar-refractivity contribution in [3.8, 4) is 5.75 Å². The Bertz CT molecular complexity index is 1130. The molecule has 0 atom stereocenters. The van der Waals surface area contributed by atoms with Crippen molar-refractivity contribution in [1.82, 2.24) is 0 Å². The Morgan fingerprint density at radius 1 is 1.12 bits per heavy atom. The molecule has 1 N–H and O–H groups in total. The number of methoxy groups -OCH3 is 1. The minimum absolute atomic E-state index is 0.0865. The summed E-state index contributed by atoms with van der Waals surface area (Å²) in [6.45, 7) is 6.17. The van der Waals surface area contributed by atoms with Crippen LogP contribution < -0.4 is 15.0 Å². The van der Waals surface area contributed by atoms with Crippen LogP contribution >= 0.6 is 11.3 Å². The molecule has 1 aromatic heterocycles. The fourth-order valence-corrected chi connectivity index (χ4v) is 5.54. The number of aliphatic imine (C=N–C) groups is 1. The molecule has 0 saturated heterocycles. The molecule has 33 heavy (non-hydrogen) atoms. The number of hydrogen-bond donors (Lipinski definition) is 1. The second kappa shape index (κ2) is 10.7. The van der Waals surface area contributed by atoms with Crippen LogP contribution in [0.3, 0.4) is 0 Å². The molecule has 0 fully saturated rings. The van der Waals surface area contributed by atoms with Gasteiger partial charge in [-0.2, -0.15) is 0 Å². The molecule has 0 saturated carbocycles. The maximum absolute atomic E-state index is 13.3. The molecule has 0 radical (unpaired) electrons. The number of carbonyl (C=O) groups excluding carboxylic acids is 1. The van der Waals surface area contributed by atoms with E-state index in [4.69, 9.17) is 9.73 Å². The van der Waals surface area contributed by atoms with Crippen molar-refractivity contribution in [2.75, 3.05) is 30.4 Å². The molecular formula is C27H31N3O2S. The number of amides is 1. The summed E-state index contributed by atoms with van der Waals surface area (Å²) in [6, 6.07) is 15.8. The lowest BCUT2D eigenvalue weighted by Gasteiger charge is -2.22. The van der Waals surface area contributed by atoms with E-state index < -0.39 is 0 Å². The number of nitrogens with zero attached hydrogens (tertiary/aromatic N) is 2. The van der Waals surface area contributed by atoms with Crippen LogP contribution in [0.1, 0.15) is 53.1 Å². The maximum Gasteiger partial charge on any atom is 0.259 e. The van der Waals surface area contributed by atoms with Crippen LogP contribution in [0.5, 0.6) is 5.75 Å². The van der Waals surface area contributed by atoms with Gasteiger partial charge in [-0.05, 0) is 69.4 Å². The lowest BCUT2D eigenvalue weighted by Crippen LogP contribution is -2.21. The molecule has 1 aliphatic rings. The van der Waals surface area contributed by atoms with Crippen molar-refractivity contribution < 1.29 is 9.53 Å². The van der Waals surface area contributed by atoms with Gasteiger partial charge in [0.05, 0.1) is 12.7 Å². The summed E-state index contributed by atoms with van der Waals surface area (Å²) in [5.74, 6) is 0.691. The number of aryl methyl sites for hydroxylation is 1. The summed E-state index contributed by atoms with van der Waals surface area (Å²) in [7, 11) is 1.68. The normalized spacial score (nSPS) is 13.1. The van der Waals surface area contributed by atoms with E-state index in [9.17, 15) is 4.79 Å². The van der Waals surface area contributed by atoms with Gasteiger partial charge in [0.2, 0.25) is 0 Å². The van der Waals surface area contributed by atoms with Gasteiger partial charge < -0.3 is 15.0 Å². The minimum atomic E-state index is -0.0865. The van der Waals surface area contributed by atoms with E-state index in [1.165, 1.54) is 4.88 Å². The molecule has 0 unspecified atom stereocenters. The maximum atomic E-state index is 13.3. The van der Waals surface area contributed by atoms with E-state index >= 15 is 0 Å². The first-order valence-corrected chi connectivity index (χ1v) is 12.4. The van der Waals surface area contributed by atoms with Crippen molar-refractivity contribution in [3.63, 3.8) is 0 Å². The van der Waals surface area contributed by atoms with E-state index in [1.807, 2.05) is 42.6 Å². The van der Waals surface area contributed by atoms with Gasteiger partial charge in [0, 0.05) is 47.2 Å². The summed E-state index contributed by atoms with van der Waals surface area (Å²) >= 11 is 1.64. The van der Waals surface area contributed by atoms with Gasteiger partial charge in [0.25, 0.3) is 5.91 Å². The SMILES string of the molecule is CCN(CC)c1ccc(C=Nc2sc3c(c2C(=O)Nc2ccccc2)CCCC3)c(OC)c1. The van der Waals surface area contributed by atoms with Crippen molar-refractivity contribution in [2.45, 2.75) is 39.5 Å². The molecule has 1 heterocycles. The van der Waals surface area contributed by atoms with Gasteiger partial charge >= 0.3 is 0 Å². The topological polar surface area (TPSA) is 53.9 Å². The molecule has 0 bridgehead atoms. The van der Waals surface area contributed by atoms with Gasteiger partial charge in [-0.3, -0.25) is 4.79 Å². The molecule has 1 amide bonds. The van der Waals surface area contributed by atoms with Crippen LogP contribution in [-0.4, -0.2) is 32.3 Å². The second-order valence-electron chi connectivity index (χ2n) is 8.07. The summed E-state index contributed by atoms with van der Waals surface area (Å²) in [5, 5.41) is 3.82. The molecular weight excluding hydrogens is 430 g/mol. The van der Waals surface area contributed by atoms with Gasteiger partial charge in [-0.1, -0.05) is 18.2 Å². The zero-order valence-electron chi connectivity index (χ0n) is 19.6.